The maximum Gasteiger partial charge on any atom is 0.303 e. The number of aliphatic carboxylic acids is 1. The molecule has 0 saturated heterocycles. The van der Waals surface area contributed by atoms with E-state index in [2.05, 4.69) is 36.9 Å². The zero-order chi connectivity index (χ0) is 12.4. The van der Waals surface area contributed by atoms with Crippen LogP contribution in [0.3, 0.4) is 0 Å². The standard InChI is InChI=1S/C14H19NO2/c1-3-15-11(7-8-14(16)17)9-12-10(2)5-4-6-13(12)15/h4-6,11H,3,7-9H2,1-2H3,(H,16,17). The number of anilines is 1. The largest absolute Gasteiger partial charge is 0.481 e. The lowest BCUT2D eigenvalue weighted by molar-refractivity contribution is -0.137. The SMILES string of the molecule is CCN1c2cccc(C)c2CC1CCC(=O)O. The Hall–Kier alpha value is -1.51. The van der Waals surface area contributed by atoms with Crippen LogP contribution in [0.5, 0.6) is 0 Å². The van der Waals surface area contributed by atoms with Gasteiger partial charge in [0.15, 0.2) is 0 Å². The van der Waals surface area contributed by atoms with Gasteiger partial charge in [-0.2, -0.15) is 0 Å². The molecule has 1 aliphatic rings. The van der Waals surface area contributed by atoms with Crippen molar-refractivity contribution in [3.63, 3.8) is 0 Å². The van der Waals surface area contributed by atoms with Gasteiger partial charge in [-0.3, -0.25) is 4.79 Å². The number of fused-ring (bicyclic) bond motifs is 1. The lowest BCUT2D eigenvalue weighted by Gasteiger charge is -2.25. The van der Waals surface area contributed by atoms with Crippen molar-refractivity contribution in [2.45, 2.75) is 39.2 Å². The van der Waals surface area contributed by atoms with Crippen molar-refractivity contribution >= 4 is 11.7 Å². The second-order valence-corrected chi connectivity index (χ2v) is 4.65. The monoisotopic (exact) mass is 233 g/mol. The van der Waals surface area contributed by atoms with Crippen LogP contribution < -0.4 is 4.90 Å². The van der Waals surface area contributed by atoms with Gasteiger partial charge in [0.1, 0.15) is 0 Å². The Morgan fingerprint density at radius 1 is 1.53 bits per heavy atom. The third-order valence-corrected chi connectivity index (χ3v) is 3.61. The van der Waals surface area contributed by atoms with E-state index in [1.807, 2.05) is 0 Å². The van der Waals surface area contributed by atoms with E-state index in [4.69, 9.17) is 5.11 Å². The molecular weight excluding hydrogens is 214 g/mol. The van der Waals surface area contributed by atoms with Gasteiger partial charge in [-0.15, -0.1) is 0 Å². The fourth-order valence-electron chi connectivity index (χ4n) is 2.74. The van der Waals surface area contributed by atoms with Gasteiger partial charge in [-0.05, 0) is 43.9 Å². The third-order valence-electron chi connectivity index (χ3n) is 3.61. The Labute approximate surface area is 102 Å². The molecule has 1 N–H and O–H groups in total. The van der Waals surface area contributed by atoms with Gasteiger partial charge in [0.2, 0.25) is 0 Å². The molecule has 3 nitrogen and oxygen atoms in total. The van der Waals surface area contributed by atoms with E-state index >= 15 is 0 Å². The van der Waals surface area contributed by atoms with Crippen LogP contribution in [0.25, 0.3) is 0 Å². The summed E-state index contributed by atoms with van der Waals surface area (Å²) in [6.45, 7) is 5.21. The molecule has 1 aromatic rings. The van der Waals surface area contributed by atoms with Gasteiger partial charge >= 0.3 is 5.97 Å². The summed E-state index contributed by atoms with van der Waals surface area (Å²) in [5, 5.41) is 8.79. The van der Waals surface area contributed by atoms with Crippen molar-refractivity contribution in [2.24, 2.45) is 0 Å². The summed E-state index contributed by atoms with van der Waals surface area (Å²) in [5.41, 5.74) is 4.01. The molecule has 1 aliphatic heterocycles. The first kappa shape index (κ1) is 12.0. The number of carboxylic acid groups (broad SMARTS) is 1. The number of likely N-dealkylation sites (N-methyl/N-ethyl adjacent to an activating group) is 1. The van der Waals surface area contributed by atoms with Gasteiger partial charge < -0.3 is 10.0 Å². The number of hydrogen-bond acceptors (Lipinski definition) is 2. The molecule has 0 saturated carbocycles. The number of carbonyl (C=O) groups is 1. The van der Waals surface area contributed by atoms with Gasteiger partial charge in [0.25, 0.3) is 0 Å². The van der Waals surface area contributed by atoms with Gasteiger partial charge in [-0.25, -0.2) is 0 Å². The van der Waals surface area contributed by atoms with E-state index in [0.29, 0.717) is 6.04 Å². The highest BCUT2D eigenvalue weighted by Gasteiger charge is 2.28. The molecule has 0 amide bonds. The molecule has 1 aromatic carbocycles. The first-order valence-electron chi connectivity index (χ1n) is 6.20. The predicted molar refractivity (Wildman–Crippen MR) is 68.6 cm³/mol. The van der Waals surface area contributed by atoms with Crippen molar-refractivity contribution in [1.29, 1.82) is 0 Å². The highest BCUT2D eigenvalue weighted by molar-refractivity contribution is 5.67. The Kier molecular flexibility index (Phi) is 3.36. The average Bonchev–Trinajstić information content (AvgIpc) is 2.65. The summed E-state index contributed by atoms with van der Waals surface area (Å²) in [7, 11) is 0. The van der Waals surface area contributed by atoms with Crippen molar-refractivity contribution in [3.8, 4) is 0 Å². The molecular formula is C14H19NO2. The van der Waals surface area contributed by atoms with Crippen molar-refractivity contribution in [2.75, 3.05) is 11.4 Å². The lowest BCUT2D eigenvalue weighted by Crippen LogP contribution is -2.32. The highest BCUT2D eigenvalue weighted by Crippen LogP contribution is 2.35. The fourth-order valence-corrected chi connectivity index (χ4v) is 2.74. The molecule has 1 heterocycles. The summed E-state index contributed by atoms with van der Waals surface area (Å²) < 4.78 is 0. The molecule has 0 aliphatic carbocycles. The lowest BCUT2D eigenvalue weighted by atomic mass is 10.0. The van der Waals surface area contributed by atoms with Crippen molar-refractivity contribution < 1.29 is 9.90 Å². The van der Waals surface area contributed by atoms with E-state index in [1.165, 1.54) is 16.8 Å². The molecule has 0 radical (unpaired) electrons. The van der Waals surface area contributed by atoms with Crippen molar-refractivity contribution in [1.82, 2.24) is 0 Å². The van der Waals surface area contributed by atoms with Crippen molar-refractivity contribution in [3.05, 3.63) is 29.3 Å². The minimum atomic E-state index is -0.700. The molecule has 0 bridgehead atoms. The molecule has 1 unspecified atom stereocenters. The van der Waals surface area contributed by atoms with Crippen LogP contribution in [0, 0.1) is 6.92 Å². The molecule has 17 heavy (non-hydrogen) atoms. The molecule has 92 valence electrons. The Bertz CT molecular complexity index is 428. The Morgan fingerprint density at radius 2 is 2.29 bits per heavy atom. The first-order chi connectivity index (χ1) is 8.13. The average molecular weight is 233 g/mol. The maximum absolute atomic E-state index is 10.7. The van der Waals surface area contributed by atoms with E-state index in [0.717, 1.165) is 19.4 Å². The molecule has 3 heteroatoms. The summed E-state index contributed by atoms with van der Waals surface area (Å²) in [6, 6.07) is 6.71. The maximum atomic E-state index is 10.7. The molecule has 0 fully saturated rings. The summed E-state index contributed by atoms with van der Waals surface area (Å²) in [4.78, 5) is 13.0. The number of rotatable bonds is 4. The second-order valence-electron chi connectivity index (χ2n) is 4.65. The molecule has 2 rings (SSSR count). The molecule has 0 spiro atoms. The van der Waals surface area contributed by atoms with Gasteiger partial charge in [0.05, 0.1) is 0 Å². The van der Waals surface area contributed by atoms with Crippen LogP contribution in [0.1, 0.15) is 30.9 Å². The summed E-state index contributed by atoms with van der Waals surface area (Å²) in [5.74, 6) is -0.700. The van der Waals surface area contributed by atoms with Crippen LogP contribution >= 0.6 is 0 Å². The van der Waals surface area contributed by atoms with Crippen LogP contribution in [0.2, 0.25) is 0 Å². The second kappa shape index (κ2) is 4.78. The first-order valence-corrected chi connectivity index (χ1v) is 6.20. The summed E-state index contributed by atoms with van der Waals surface area (Å²) >= 11 is 0. The number of carboxylic acids is 1. The van der Waals surface area contributed by atoms with E-state index in [9.17, 15) is 4.79 Å². The third kappa shape index (κ3) is 2.28. The van der Waals surface area contributed by atoms with Gasteiger partial charge in [-0.1, -0.05) is 12.1 Å². The predicted octanol–water partition coefficient (Wildman–Crippen LogP) is 2.61. The highest BCUT2D eigenvalue weighted by atomic mass is 16.4. The fraction of sp³-hybridized carbons (Fsp3) is 0.500. The van der Waals surface area contributed by atoms with Crippen LogP contribution in [0.4, 0.5) is 5.69 Å². The molecule has 0 aromatic heterocycles. The number of aryl methyl sites for hydroxylation is 1. The minimum absolute atomic E-state index is 0.258. The van der Waals surface area contributed by atoms with Crippen LogP contribution in [0.15, 0.2) is 18.2 Å². The minimum Gasteiger partial charge on any atom is -0.481 e. The van der Waals surface area contributed by atoms with Crippen LogP contribution in [-0.2, 0) is 11.2 Å². The summed E-state index contributed by atoms with van der Waals surface area (Å²) in [6.07, 6.45) is 1.98. The number of benzene rings is 1. The smallest absolute Gasteiger partial charge is 0.303 e. The zero-order valence-corrected chi connectivity index (χ0v) is 10.4. The van der Waals surface area contributed by atoms with Crippen LogP contribution in [-0.4, -0.2) is 23.7 Å². The van der Waals surface area contributed by atoms with E-state index in [1.54, 1.807) is 0 Å². The Balaban J connectivity index is 2.19. The number of nitrogens with zero attached hydrogens (tertiary/aromatic N) is 1. The number of hydrogen-bond donors (Lipinski definition) is 1. The van der Waals surface area contributed by atoms with Gasteiger partial charge in [0, 0.05) is 24.7 Å². The normalized spacial score (nSPS) is 18.2. The zero-order valence-electron chi connectivity index (χ0n) is 10.4. The Morgan fingerprint density at radius 3 is 2.94 bits per heavy atom. The topological polar surface area (TPSA) is 40.5 Å². The van der Waals surface area contributed by atoms with E-state index < -0.39 is 5.97 Å². The molecule has 1 atom stereocenters. The van der Waals surface area contributed by atoms with E-state index in [-0.39, 0.29) is 6.42 Å². The quantitative estimate of drug-likeness (QED) is 0.869.